The maximum absolute atomic E-state index is 15.0. The topological polar surface area (TPSA) is 154 Å². The molecular weight excluding hydrogens is 600 g/mol. The molecule has 1 aromatic heterocycles. The van der Waals surface area contributed by atoms with Gasteiger partial charge in [0.15, 0.2) is 28.8 Å². The summed E-state index contributed by atoms with van der Waals surface area (Å²) in [7, 11) is 0. The first-order chi connectivity index (χ1) is 22.0. The fourth-order valence-electron chi connectivity index (χ4n) is 6.07. The van der Waals surface area contributed by atoms with Crippen molar-refractivity contribution in [3.63, 3.8) is 0 Å². The molecule has 47 heavy (non-hydrogen) atoms. The number of allylic oxidation sites excluding steroid dienone is 8. The molecule has 1 aliphatic heterocycles. The molecule has 2 atom stereocenters. The Bertz CT molecular complexity index is 1800. The summed E-state index contributed by atoms with van der Waals surface area (Å²) in [6.45, 7) is 13.1. The van der Waals surface area contributed by atoms with Gasteiger partial charge in [-0.05, 0) is 92.3 Å². The molecule has 0 amide bonds. The number of phenolic OH excluding ortho intramolecular Hbond substituents is 2. The van der Waals surface area contributed by atoms with E-state index < -0.39 is 56.9 Å². The van der Waals surface area contributed by atoms with E-state index in [1.807, 2.05) is 40.7 Å². The Morgan fingerprint density at radius 2 is 1.55 bits per heavy atom. The van der Waals surface area contributed by atoms with Gasteiger partial charge in [0, 0.05) is 18.1 Å². The smallest absolute Gasteiger partial charge is 0.226 e. The zero-order chi connectivity index (χ0) is 34.8. The number of rotatable bonds is 9. The third kappa shape index (κ3) is 7.14. The van der Waals surface area contributed by atoms with E-state index in [0.29, 0.717) is 6.42 Å². The van der Waals surface area contributed by atoms with Gasteiger partial charge in [-0.1, -0.05) is 34.9 Å². The molecule has 4 N–H and O–H groups in total. The number of benzene rings is 1. The first-order valence-electron chi connectivity index (χ1n) is 15.7. The predicted octanol–water partition coefficient (Wildman–Crippen LogP) is 7.84. The van der Waals surface area contributed by atoms with Crippen LogP contribution in [0.5, 0.6) is 17.2 Å². The number of carbonyl (C=O) groups excluding carboxylic acids is 2. The number of hydrogen-bond donors (Lipinski definition) is 4. The zero-order valence-electron chi connectivity index (χ0n) is 28.1. The molecule has 0 saturated carbocycles. The number of aromatic hydroxyl groups is 3. The van der Waals surface area contributed by atoms with Gasteiger partial charge in [-0.15, -0.1) is 0 Å². The molecule has 1 aliphatic carbocycles. The number of aliphatic hydroxyl groups excluding tert-OH is 1. The summed E-state index contributed by atoms with van der Waals surface area (Å²) >= 11 is 0. The predicted molar refractivity (Wildman–Crippen MR) is 179 cm³/mol. The third-order valence-electron chi connectivity index (χ3n) is 8.67. The van der Waals surface area contributed by atoms with E-state index in [4.69, 9.17) is 9.15 Å². The third-order valence-corrected chi connectivity index (χ3v) is 8.67. The number of hydrogen-bond acceptors (Lipinski definition) is 9. The molecule has 0 fully saturated rings. The lowest BCUT2D eigenvalue weighted by Gasteiger charge is -2.45. The van der Waals surface area contributed by atoms with Gasteiger partial charge >= 0.3 is 0 Å². The number of ketones is 2. The summed E-state index contributed by atoms with van der Waals surface area (Å²) in [5.74, 6) is -4.73. The summed E-state index contributed by atoms with van der Waals surface area (Å²) < 4.78 is 12.0. The number of carbonyl (C=O) groups is 2. The summed E-state index contributed by atoms with van der Waals surface area (Å²) in [6.07, 6.45) is 8.55. The van der Waals surface area contributed by atoms with Crippen molar-refractivity contribution in [1.29, 1.82) is 0 Å². The largest absolute Gasteiger partial charge is 0.506 e. The molecule has 250 valence electrons. The van der Waals surface area contributed by atoms with Crippen LogP contribution in [0.25, 0.3) is 5.76 Å². The molecule has 0 saturated heterocycles. The lowest BCUT2D eigenvalue weighted by atomic mass is 9.61. The van der Waals surface area contributed by atoms with E-state index in [2.05, 4.69) is 6.08 Å². The normalized spacial score (nSPS) is 21.9. The maximum atomic E-state index is 15.0. The second-order valence-corrected chi connectivity index (χ2v) is 13.6. The second-order valence-electron chi connectivity index (χ2n) is 13.6. The van der Waals surface area contributed by atoms with Crippen molar-refractivity contribution < 1.29 is 39.2 Å². The van der Waals surface area contributed by atoms with E-state index in [1.54, 1.807) is 19.9 Å². The minimum absolute atomic E-state index is 0.0000279. The van der Waals surface area contributed by atoms with Crippen LogP contribution in [0, 0.1) is 5.41 Å². The SMILES string of the molecule is CC(C)=CCCC(C)=CCC1(CC=C(C)C)C(=O)C(=C(O)c2ccc(O)c(O)c2)C2=C(C1=O)C(c1occc(=O)c1O)CC(C)(C)O2. The average molecular weight is 645 g/mol. The summed E-state index contributed by atoms with van der Waals surface area (Å²) in [6, 6.07) is 4.69. The Morgan fingerprint density at radius 3 is 2.19 bits per heavy atom. The molecule has 9 nitrogen and oxygen atoms in total. The molecule has 9 heteroatoms. The minimum atomic E-state index is -1.73. The summed E-state index contributed by atoms with van der Waals surface area (Å²) in [5, 5.41) is 42.9. The van der Waals surface area contributed by atoms with Gasteiger partial charge < -0.3 is 29.6 Å². The highest BCUT2D eigenvalue weighted by molar-refractivity contribution is 6.27. The Kier molecular flexibility index (Phi) is 10.1. The van der Waals surface area contributed by atoms with Crippen LogP contribution >= 0.6 is 0 Å². The van der Waals surface area contributed by atoms with Gasteiger partial charge in [0.2, 0.25) is 11.2 Å². The number of phenols is 2. The van der Waals surface area contributed by atoms with E-state index >= 15 is 4.79 Å². The Hall–Kier alpha value is -4.79. The van der Waals surface area contributed by atoms with Crippen LogP contribution in [0.1, 0.15) is 97.8 Å². The van der Waals surface area contributed by atoms with Crippen LogP contribution in [0.4, 0.5) is 0 Å². The fourth-order valence-corrected chi connectivity index (χ4v) is 6.07. The molecule has 1 aromatic carbocycles. The van der Waals surface area contributed by atoms with Crippen LogP contribution in [0.15, 0.2) is 91.6 Å². The fraction of sp³-hybridized carbons (Fsp3) is 0.395. The van der Waals surface area contributed by atoms with E-state index in [1.165, 1.54) is 17.7 Å². The van der Waals surface area contributed by atoms with Gasteiger partial charge in [-0.25, -0.2) is 0 Å². The van der Waals surface area contributed by atoms with Crippen molar-refractivity contribution >= 4 is 17.3 Å². The molecule has 2 aliphatic rings. The van der Waals surface area contributed by atoms with Gasteiger partial charge in [0.05, 0.1) is 17.8 Å². The van der Waals surface area contributed by atoms with Crippen LogP contribution in [-0.4, -0.2) is 37.6 Å². The molecule has 0 radical (unpaired) electrons. The lowest BCUT2D eigenvalue weighted by Crippen LogP contribution is -2.50. The second kappa shape index (κ2) is 13.5. The highest BCUT2D eigenvalue weighted by Crippen LogP contribution is 2.54. The first-order valence-corrected chi connectivity index (χ1v) is 15.7. The number of Topliss-reactive ketones (excluding diaryl/α,β-unsaturated/α-hetero) is 2. The molecule has 4 rings (SSSR count). The maximum Gasteiger partial charge on any atom is 0.226 e. The summed E-state index contributed by atoms with van der Waals surface area (Å²) in [5.41, 5.74) is -0.721. The van der Waals surface area contributed by atoms with Crippen LogP contribution in [-0.2, 0) is 14.3 Å². The minimum Gasteiger partial charge on any atom is -0.506 e. The highest BCUT2D eigenvalue weighted by Gasteiger charge is 2.57. The van der Waals surface area contributed by atoms with Gasteiger partial charge in [-0.3, -0.25) is 14.4 Å². The molecule has 0 spiro atoms. The van der Waals surface area contributed by atoms with Gasteiger partial charge in [0.25, 0.3) is 0 Å². The van der Waals surface area contributed by atoms with Crippen LogP contribution < -0.4 is 5.43 Å². The average Bonchev–Trinajstić information content (AvgIpc) is 2.98. The van der Waals surface area contributed by atoms with Crippen molar-refractivity contribution in [1.82, 2.24) is 0 Å². The number of ether oxygens (including phenoxy) is 1. The van der Waals surface area contributed by atoms with Gasteiger partial charge in [-0.2, -0.15) is 0 Å². The van der Waals surface area contributed by atoms with Crippen molar-refractivity contribution in [3.8, 4) is 17.2 Å². The van der Waals surface area contributed by atoms with Crippen molar-refractivity contribution in [3.05, 3.63) is 104 Å². The van der Waals surface area contributed by atoms with Crippen molar-refractivity contribution in [2.45, 2.75) is 92.1 Å². The molecular formula is C38H44O9. The van der Waals surface area contributed by atoms with E-state index in [9.17, 15) is 30.0 Å². The van der Waals surface area contributed by atoms with E-state index in [-0.39, 0.29) is 47.5 Å². The molecule has 2 heterocycles. The van der Waals surface area contributed by atoms with Gasteiger partial charge in [0.1, 0.15) is 28.1 Å². The monoisotopic (exact) mass is 644 g/mol. The Balaban J connectivity index is 2.08. The zero-order valence-corrected chi connectivity index (χ0v) is 28.1. The standard InChI is InChI=1S/C38H44O9/c1-21(2)9-8-10-23(5)14-17-38(16-13-22(3)4)35(44)29-25(33-32(43)27(40)15-18-46-33)20-37(6,7)47-34(29)30(36(38)45)31(42)24-11-12-26(39)28(41)19-24/h9,11-15,18-19,25,39,41-43H,8,10,16-17,20H2,1-7H3. The van der Waals surface area contributed by atoms with Crippen LogP contribution in [0.2, 0.25) is 0 Å². The molecule has 2 unspecified atom stereocenters. The molecule has 0 bridgehead atoms. The molecule has 2 aromatic rings. The highest BCUT2D eigenvalue weighted by atomic mass is 16.5. The quantitative estimate of drug-likeness (QED) is 0.0702. The Labute approximate surface area is 274 Å². The Morgan fingerprint density at radius 1 is 0.894 bits per heavy atom. The summed E-state index contributed by atoms with van der Waals surface area (Å²) in [4.78, 5) is 42.5. The number of aliphatic hydroxyl groups is 1. The van der Waals surface area contributed by atoms with Crippen molar-refractivity contribution in [2.24, 2.45) is 5.41 Å². The van der Waals surface area contributed by atoms with E-state index in [0.717, 1.165) is 36.0 Å². The first kappa shape index (κ1) is 35.1. The lowest BCUT2D eigenvalue weighted by molar-refractivity contribution is -0.139. The van der Waals surface area contributed by atoms with Crippen molar-refractivity contribution in [2.75, 3.05) is 0 Å². The van der Waals surface area contributed by atoms with Crippen LogP contribution in [0.3, 0.4) is 0 Å².